The van der Waals surface area contributed by atoms with Gasteiger partial charge in [-0.1, -0.05) is 44.2 Å². The molecule has 1 aromatic carbocycles. The van der Waals surface area contributed by atoms with E-state index in [1.165, 1.54) is 6.08 Å². The zero-order chi connectivity index (χ0) is 15.0. The largest absolute Gasteiger partial charge is 0.450 e. The van der Waals surface area contributed by atoms with Gasteiger partial charge in [0.2, 0.25) is 0 Å². The van der Waals surface area contributed by atoms with Gasteiger partial charge in [-0.15, -0.1) is 0 Å². The highest BCUT2D eigenvalue weighted by Crippen LogP contribution is 2.28. The average molecular weight is 275 g/mol. The Balaban J connectivity index is 3.05. The van der Waals surface area contributed by atoms with Crippen LogP contribution in [0.15, 0.2) is 36.4 Å². The molecule has 0 aliphatic rings. The summed E-state index contributed by atoms with van der Waals surface area (Å²) in [5.74, 6) is 1.88. The highest BCUT2D eigenvalue weighted by molar-refractivity contribution is 5.68. The molecule has 0 fully saturated rings. The van der Waals surface area contributed by atoms with Crippen LogP contribution < -0.4 is 5.32 Å². The van der Waals surface area contributed by atoms with Gasteiger partial charge in [-0.3, -0.25) is 0 Å². The summed E-state index contributed by atoms with van der Waals surface area (Å²) in [4.78, 5) is 22.5. The van der Waals surface area contributed by atoms with Crippen LogP contribution in [0.2, 0.25) is 0 Å². The SMILES string of the molecule is CCOC(=O)N[C@@H](c1ccccc1)[C@H](C=C=O)C(C)C. The van der Waals surface area contributed by atoms with Crippen molar-refractivity contribution in [3.8, 4) is 0 Å². The fourth-order valence-corrected chi connectivity index (χ4v) is 2.11. The molecule has 0 radical (unpaired) electrons. The minimum atomic E-state index is -0.480. The minimum absolute atomic E-state index is 0.140. The van der Waals surface area contributed by atoms with E-state index in [-0.39, 0.29) is 17.9 Å². The number of rotatable bonds is 6. The third-order valence-electron chi connectivity index (χ3n) is 3.12. The van der Waals surface area contributed by atoms with Gasteiger partial charge in [-0.2, -0.15) is 0 Å². The van der Waals surface area contributed by atoms with Crippen molar-refractivity contribution in [3.05, 3.63) is 42.0 Å². The molecule has 0 spiro atoms. The second-order valence-corrected chi connectivity index (χ2v) is 4.86. The highest BCUT2D eigenvalue weighted by atomic mass is 16.5. The first-order valence-electron chi connectivity index (χ1n) is 6.79. The number of hydrogen-bond acceptors (Lipinski definition) is 3. The van der Waals surface area contributed by atoms with Gasteiger partial charge in [0.25, 0.3) is 0 Å². The van der Waals surface area contributed by atoms with Crippen LogP contribution in [0.4, 0.5) is 4.79 Å². The average Bonchev–Trinajstić information content (AvgIpc) is 2.43. The fourth-order valence-electron chi connectivity index (χ4n) is 2.11. The van der Waals surface area contributed by atoms with Gasteiger partial charge >= 0.3 is 6.09 Å². The van der Waals surface area contributed by atoms with Crippen molar-refractivity contribution in [1.29, 1.82) is 0 Å². The van der Waals surface area contributed by atoms with E-state index in [1.807, 2.05) is 50.1 Å². The van der Waals surface area contributed by atoms with Crippen molar-refractivity contribution in [2.45, 2.75) is 26.8 Å². The summed E-state index contributed by atoms with van der Waals surface area (Å²) in [6.07, 6.45) is 0.987. The minimum Gasteiger partial charge on any atom is -0.450 e. The van der Waals surface area contributed by atoms with Crippen LogP contribution in [0.5, 0.6) is 0 Å². The fraction of sp³-hybridized carbons (Fsp3) is 0.438. The van der Waals surface area contributed by atoms with Crippen LogP contribution in [0.25, 0.3) is 0 Å². The third-order valence-corrected chi connectivity index (χ3v) is 3.12. The summed E-state index contributed by atoms with van der Waals surface area (Å²) in [5.41, 5.74) is 0.936. The predicted molar refractivity (Wildman–Crippen MR) is 77.9 cm³/mol. The predicted octanol–water partition coefficient (Wildman–Crippen LogP) is 3.13. The van der Waals surface area contributed by atoms with Crippen molar-refractivity contribution < 1.29 is 14.3 Å². The van der Waals surface area contributed by atoms with Gasteiger partial charge in [0.15, 0.2) is 0 Å². The van der Waals surface area contributed by atoms with Gasteiger partial charge in [0.1, 0.15) is 5.94 Å². The Hall–Kier alpha value is -2.06. The molecule has 0 saturated carbocycles. The quantitative estimate of drug-likeness (QED) is 0.811. The molecule has 4 nitrogen and oxygen atoms in total. The number of benzene rings is 1. The van der Waals surface area contributed by atoms with Gasteiger partial charge in [0.05, 0.1) is 12.6 Å². The summed E-state index contributed by atoms with van der Waals surface area (Å²) in [5, 5.41) is 2.83. The molecule has 0 saturated heterocycles. The molecular weight excluding hydrogens is 254 g/mol. The Morgan fingerprint density at radius 1 is 1.35 bits per heavy atom. The lowest BCUT2D eigenvalue weighted by atomic mass is 9.84. The van der Waals surface area contributed by atoms with E-state index in [0.29, 0.717) is 6.61 Å². The number of amides is 1. The standard InChI is InChI=1S/C16H21NO3/c1-4-20-16(19)17-15(13-8-6-5-7-9-13)14(10-11-18)12(2)3/h5-10,12,14-15H,4H2,1-3H3,(H,17,19)/t14-,15+/m1/s1. The van der Waals surface area contributed by atoms with E-state index >= 15 is 0 Å². The lowest BCUT2D eigenvalue weighted by Crippen LogP contribution is -2.35. The zero-order valence-electron chi connectivity index (χ0n) is 12.1. The Morgan fingerprint density at radius 2 is 2.00 bits per heavy atom. The highest BCUT2D eigenvalue weighted by Gasteiger charge is 2.26. The van der Waals surface area contributed by atoms with Crippen LogP contribution in [-0.4, -0.2) is 18.6 Å². The molecule has 108 valence electrons. The molecular formula is C16H21NO3. The molecule has 1 N–H and O–H groups in total. The van der Waals surface area contributed by atoms with Gasteiger partial charge in [0, 0.05) is 12.0 Å². The molecule has 20 heavy (non-hydrogen) atoms. The maximum atomic E-state index is 11.7. The van der Waals surface area contributed by atoms with E-state index < -0.39 is 6.09 Å². The maximum Gasteiger partial charge on any atom is 0.407 e. The Labute approximate surface area is 119 Å². The van der Waals surface area contributed by atoms with E-state index in [1.54, 1.807) is 6.92 Å². The summed E-state index contributed by atoms with van der Waals surface area (Å²) in [7, 11) is 0. The van der Waals surface area contributed by atoms with Crippen molar-refractivity contribution in [3.63, 3.8) is 0 Å². The summed E-state index contributed by atoms with van der Waals surface area (Å²) in [6.45, 7) is 6.06. The van der Waals surface area contributed by atoms with Crippen molar-refractivity contribution in [1.82, 2.24) is 5.32 Å². The maximum absolute atomic E-state index is 11.7. The van der Waals surface area contributed by atoms with Crippen LogP contribution in [0.3, 0.4) is 0 Å². The Kier molecular flexibility index (Phi) is 6.54. The monoisotopic (exact) mass is 275 g/mol. The normalized spacial score (nSPS) is 13.2. The molecule has 1 amide bonds. The molecule has 2 atom stereocenters. The van der Waals surface area contributed by atoms with Crippen molar-refractivity contribution in [2.75, 3.05) is 6.61 Å². The van der Waals surface area contributed by atoms with Crippen molar-refractivity contribution >= 4 is 12.0 Å². The summed E-state index contributed by atoms with van der Waals surface area (Å²) >= 11 is 0. The molecule has 1 aromatic rings. The molecule has 0 aromatic heterocycles. The van der Waals surface area contributed by atoms with E-state index in [0.717, 1.165) is 5.56 Å². The molecule has 0 heterocycles. The molecule has 1 rings (SSSR count). The smallest absolute Gasteiger partial charge is 0.407 e. The number of carbonyl (C=O) groups excluding carboxylic acids is 2. The molecule has 0 aliphatic carbocycles. The molecule has 0 bridgehead atoms. The number of carbonyl (C=O) groups is 1. The van der Waals surface area contributed by atoms with E-state index in [4.69, 9.17) is 4.74 Å². The van der Waals surface area contributed by atoms with E-state index in [9.17, 15) is 9.59 Å². The van der Waals surface area contributed by atoms with Gasteiger partial charge in [-0.25, -0.2) is 9.59 Å². The summed E-state index contributed by atoms with van der Waals surface area (Å²) < 4.78 is 4.94. The number of ether oxygens (including phenoxy) is 1. The first-order chi connectivity index (χ1) is 9.60. The van der Waals surface area contributed by atoms with Crippen LogP contribution >= 0.6 is 0 Å². The van der Waals surface area contributed by atoms with Crippen LogP contribution in [0, 0.1) is 11.8 Å². The Bertz CT molecular complexity index is 464. The van der Waals surface area contributed by atoms with Crippen molar-refractivity contribution in [2.24, 2.45) is 11.8 Å². The van der Waals surface area contributed by atoms with Crippen LogP contribution in [0.1, 0.15) is 32.4 Å². The number of alkyl carbamates (subject to hydrolysis) is 1. The van der Waals surface area contributed by atoms with Gasteiger partial charge < -0.3 is 10.1 Å². The Morgan fingerprint density at radius 3 is 2.50 bits per heavy atom. The summed E-state index contributed by atoms with van der Waals surface area (Å²) in [6, 6.07) is 9.24. The topological polar surface area (TPSA) is 55.4 Å². The second-order valence-electron chi connectivity index (χ2n) is 4.86. The molecule has 0 aliphatic heterocycles. The molecule has 0 unspecified atom stereocenters. The lowest BCUT2D eigenvalue weighted by molar-refractivity contribution is 0.143. The number of hydrogen-bond donors (Lipinski definition) is 1. The molecule has 4 heteroatoms. The number of nitrogens with one attached hydrogen (secondary N) is 1. The first kappa shape index (κ1) is 16.0. The van der Waals surface area contributed by atoms with E-state index in [2.05, 4.69) is 5.32 Å². The first-order valence-corrected chi connectivity index (χ1v) is 6.79. The lowest BCUT2D eigenvalue weighted by Gasteiger charge is -2.28. The third kappa shape index (κ3) is 4.56. The second kappa shape index (κ2) is 8.18. The van der Waals surface area contributed by atoms with Gasteiger partial charge in [-0.05, 0) is 18.4 Å². The zero-order valence-corrected chi connectivity index (χ0v) is 12.1. The van der Waals surface area contributed by atoms with Crippen LogP contribution in [-0.2, 0) is 9.53 Å².